The van der Waals surface area contributed by atoms with E-state index in [1.54, 1.807) is 38.1 Å². The van der Waals surface area contributed by atoms with E-state index >= 15 is 0 Å². The first-order chi connectivity index (χ1) is 11.4. The smallest absolute Gasteiger partial charge is 0.270 e. The maximum atomic E-state index is 12.8. The molecule has 24 heavy (non-hydrogen) atoms. The largest absolute Gasteiger partial charge is 0.466 e. The molecule has 0 spiro atoms. The van der Waals surface area contributed by atoms with Gasteiger partial charge in [-0.1, -0.05) is 22.0 Å². The van der Waals surface area contributed by atoms with Gasteiger partial charge in [0.25, 0.3) is 11.8 Å². The van der Waals surface area contributed by atoms with Crippen LogP contribution < -0.4 is 10.2 Å². The average Bonchev–Trinajstić information content (AvgIpc) is 2.81. The Morgan fingerprint density at radius 2 is 2.00 bits per heavy atom. The van der Waals surface area contributed by atoms with Crippen molar-refractivity contribution in [2.45, 2.75) is 13.8 Å². The fraction of sp³-hybridized carbons (Fsp3) is 0.118. The van der Waals surface area contributed by atoms with Crippen molar-refractivity contribution in [3.63, 3.8) is 0 Å². The monoisotopic (exact) mass is 404 g/mol. The molecule has 3 rings (SSSR count). The van der Waals surface area contributed by atoms with Crippen LogP contribution in [-0.4, -0.2) is 16.9 Å². The standard InChI is InChI=1S/C17H13BrN2O3S/c1-9-6-11(10(2)23-9)7-14-15(21)19-17(24)20(16(14)22)13-5-3-4-12(18)8-13/h3-8H,1-2H3,(H,19,21,24)/b14-7+. The molecule has 2 heterocycles. The Balaban J connectivity index is 2.05. The Bertz CT molecular complexity index is 901. The van der Waals surface area contributed by atoms with Crippen LogP contribution in [-0.2, 0) is 9.59 Å². The Morgan fingerprint density at radius 3 is 2.62 bits per heavy atom. The third-order valence-corrected chi connectivity index (χ3v) is 4.33. The summed E-state index contributed by atoms with van der Waals surface area (Å²) in [5.41, 5.74) is 1.27. The van der Waals surface area contributed by atoms with Gasteiger partial charge in [0, 0.05) is 10.0 Å². The second kappa shape index (κ2) is 6.33. The molecule has 1 saturated heterocycles. The van der Waals surface area contributed by atoms with Gasteiger partial charge in [-0.2, -0.15) is 0 Å². The number of halogens is 1. The average molecular weight is 405 g/mol. The van der Waals surface area contributed by atoms with E-state index in [1.165, 1.54) is 11.0 Å². The molecular weight excluding hydrogens is 392 g/mol. The molecule has 0 atom stereocenters. The van der Waals surface area contributed by atoms with E-state index in [0.29, 0.717) is 22.8 Å². The van der Waals surface area contributed by atoms with Crippen molar-refractivity contribution >= 4 is 56.8 Å². The Morgan fingerprint density at radius 1 is 1.25 bits per heavy atom. The van der Waals surface area contributed by atoms with Gasteiger partial charge in [-0.3, -0.25) is 19.8 Å². The van der Waals surface area contributed by atoms with E-state index in [4.69, 9.17) is 16.6 Å². The number of furan rings is 1. The molecule has 5 nitrogen and oxygen atoms in total. The number of benzene rings is 1. The maximum Gasteiger partial charge on any atom is 0.270 e. The summed E-state index contributed by atoms with van der Waals surface area (Å²) < 4.78 is 6.25. The molecule has 0 bridgehead atoms. The molecule has 1 aliphatic heterocycles. The second-order valence-corrected chi connectivity index (χ2v) is 6.61. The minimum atomic E-state index is -0.519. The molecule has 7 heteroatoms. The van der Waals surface area contributed by atoms with Crippen LogP contribution in [0.15, 0.2) is 44.8 Å². The van der Waals surface area contributed by atoms with Gasteiger partial charge in [0.05, 0.1) is 5.69 Å². The molecule has 122 valence electrons. The SMILES string of the molecule is Cc1cc(/C=C2\C(=O)NC(=S)N(c3cccc(Br)c3)C2=O)c(C)o1. The molecule has 0 radical (unpaired) electrons. The second-order valence-electron chi connectivity index (χ2n) is 5.31. The zero-order valence-corrected chi connectivity index (χ0v) is 15.3. The van der Waals surface area contributed by atoms with Crippen LogP contribution in [0.3, 0.4) is 0 Å². The summed E-state index contributed by atoms with van der Waals surface area (Å²) in [6.45, 7) is 3.59. The van der Waals surface area contributed by atoms with Crippen LogP contribution in [0.1, 0.15) is 17.1 Å². The minimum absolute atomic E-state index is 0.00692. The molecular formula is C17H13BrN2O3S. The number of anilines is 1. The van der Waals surface area contributed by atoms with Gasteiger partial charge in [-0.25, -0.2) is 0 Å². The molecule has 1 aromatic heterocycles. The lowest BCUT2D eigenvalue weighted by Crippen LogP contribution is -2.54. The van der Waals surface area contributed by atoms with Gasteiger partial charge < -0.3 is 4.42 Å². The van der Waals surface area contributed by atoms with Gasteiger partial charge in [0.1, 0.15) is 17.1 Å². The molecule has 0 unspecified atom stereocenters. The van der Waals surface area contributed by atoms with Crippen LogP contribution in [0.4, 0.5) is 5.69 Å². The highest BCUT2D eigenvalue weighted by Crippen LogP contribution is 2.25. The Kier molecular flexibility index (Phi) is 4.38. The first-order valence-corrected chi connectivity index (χ1v) is 8.31. The number of hydrogen-bond donors (Lipinski definition) is 1. The predicted molar refractivity (Wildman–Crippen MR) is 98.5 cm³/mol. The summed E-state index contributed by atoms with van der Waals surface area (Å²) >= 11 is 8.53. The van der Waals surface area contributed by atoms with Crippen LogP contribution >= 0.6 is 28.1 Å². The highest BCUT2D eigenvalue weighted by molar-refractivity contribution is 9.10. The number of carbonyl (C=O) groups is 2. The molecule has 2 amide bonds. The van der Waals surface area contributed by atoms with Crippen molar-refractivity contribution < 1.29 is 14.0 Å². The first-order valence-electron chi connectivity index (χ1n) is 7.11. The van der Waals surface area contributed by atoms with Gasteiger partial charge >= 0.3 is 0 Å². The third kappa shape index (κ3) is 3.05. The van der Waals surface area contributed by atoms with E-state index in [2.05, 4.69) is 21.2 Å². The van der Waals surface area contributed by atoms with Gasteiger partial charge in [-0.05, 0) is 56.4 Å². The number of carbonyl (C=O) groups excluding carboxylic acids is 2. The number of thiocarbonyl (C=S) groups is 1. The molecule has 0 aliphatic carbocycles. The van der Waals surface area contributed by atoms with Crippen LogP contribution in [0.5, 0.6) is 0 Å². The summed E-state index contributed by atoms with van der Waals surface area (Å²) in [6.07, 6.45) is 1.52. The van der Waals surface area contributed by atoms with Crippen LogP contribution in [0, 0.1) is 13.8 Å². The van der Waals surface area contributed by atoms with Crippen LogP contribution in [0.2, 0.25) is 0 Å². The number of amides is 2. The highest BCUT2D eigenvalue weighted by Gasteiger charge is 2.34. The zero-order chi connectivity index (χ0) is 17.4. The lowest BCUT2D eigenvalue weighted by Gasteiger charge is -2.29. The number of nitrogens with one attached hydrogen (secondary N) is 1. The molecule has 1 fully saturated rings. The quantitative estimate of drug-likeness (QED) is 0.472. The van der Waals surface area contributed by atoms with Gasteiger partial charge in [0.2, 0.25) is 0 Å². The van der Waals surface area contributed by atoms with Crippen molar-refractivity contribution in [2.24, 2.45) is 0 Å². The normalized spacial score (nSPS) is 16.7. The summed E-state index contributed by atoms with van der Waals surface area (Å²) in [6, 6.07) is 8.91. The molecule has 1 N–H and O–H groups in total. The van der Waals surface area contributed by atoms with Crippen molar-refractivity contribution in [1.82, 2.24) is 5.32 Å². The third-order valence-electron chi connectivity index (χ3n) is 3.55. The van der Waals surface area contributed by atoms with E-state index in [1.807, 2.05) is 6.07 Å². The van der Waals surface area contributed by atoms with Crippen molar-refractivity contribution in [2.75, 3.05) is 4.90 Å². The number of aryl methyl sites for hydroxylation is 2. The molecule has 2 aromatic rings. The molecule has 1 aliphatic rings. The first kappa shape index (κ1) is 16.6. The molecule has 0 saturated carbocycles. The lowest BCUT2D eigenvalue weighted by molar-refractivity contribution is -0.122. The van der Waals surface area contributed by atoms with E-state index < -0.39 is 11.8 Å². The van der Waals surface area contributed by atoms with Crippen molar-refractivity contribution in [1.29, 1.82) is 0 Å². The summed E-state index contributed by atoms with van der Waals surface area (Å²) in [5.74, 6) is 0.361. The zero-order valence-electron chi connectivity index (χ0n) is 12.9. The summed E-state index contributed by atoms with van der Waals surface area (Å²) in [5, 5.41) is 2.61. The topological polar surface area (TPSA) is 62.6 Å². The van der Waals surface area contributed by atoms with E-state index in [-0.39, 0.29) is 10.7 Å². The van der Waals surface area contributed by atoms with Crippen molar-refractivity contribution in [3.8, 4) is 0 Å². The highest BCUT2D eigenvalue weighted by atomic mass is 79.9. The Labute approximate surface area is 152 Å². The molecule has 1 aromatic carbocycles. The number of rotatable bonds is 2. The lowest BCUT2D eigenvalue weighted by atomic mass is 10.1. The van der Waals surface area contributed by atoms with Crippen LogP contribution in [0.25, 0.3) is 6.08 Å². The van der Waals surface area contributed by atoms with Gasteiger partial charge in [0.15, 0.2) is 5.11 Å². The number of hydrogen-bond acceptors (Lipinski definition) is 4. The van der Waals surface area contributed by atoms with E-state index in [0.717, 1.165) is 4.47 Å². The van der Waals surface area contributed by atoms with Crippen molar-refractivity contribution in [3.05, 3.63) is 57.5 Å². The maximum absolute atomic E-state index is 12.8. The predicted octanol–water partition coefficient (Wildman–Crippen LogP) is 3.49. The fourth-order valence-electron chi connectivity index (χ4n) is 2.46. The summed E-state index contributed by atoms with van der Waals surface area (Å²) in [4.78, 5) is 26.4. The Hall–Kier alpha value is -2.25. The van der Waals surface area contributed by atoms with Gasteiger partial charge in [-0.15, -0.1) is 0 Å². The summed E-state index contributed by atoms with van der Waals surface area (Å²) in [7, 11) is 0. The number of nitrogens with zero attached hydrogens (tertiary/aromatic N) is 1. The van der Waals surface area contributed by atoms with E-state index in [9.17, 15) is 9.59 Å². The fourth-order valence-corrected chi connectivity index (χ4v) is 3.12. The minimum Gasteiger partial charge on any atom is -0.466 e.